The smallest absolute Gasteiger partial charge is 0.162 e. The van der Waals surface area contributed by atoms with Gasteiger partial charge in [-0.25, -0.2) is 0 Å². The molecule has 0 saturated carbocycles. The summed E-state index contributed by atoms with van der Waals surface area (Å²) in [4.78, 5) is 12.2. The van der Waals surface area contributed by atoms with E-state index in [1.165, 1.54) is 5.57 Å². The van der Waals surface area contributed by atoms with Crippen LogP contribution in [0.1, 0.15) is 46.5 Å². The molecule has 2 aliphatic rings. The van der Waals surface area contributed by atoms with E-state index in [-0.39, 0.29) is 10.8 Å². The van der Waals surface area contributed by atoms with E-state index in [0.717, 1.165) is 25.7 Å². The Morgan fingerprint density at radius 3 is 2.53 bits per heavy atom. The second-order valence-corrected chi connectivity index (χ2v) is 5.69. The largest absolute Gasteiger partial charge is 0.294 e. The van der Waals surface area contributed by atoms with Crippen molar-refractivity contribution in [1.82, 2.24) is 0 Å². The van der Waals surface area contributed by atoms with Gasteiger partial charge in [0.25, 0.3) is 0 Å². The highest BCUT2D eigenvalue weighted by atomic mass is 16.1. The molecule has 1 nitrogen and oxygen atoms in total. The van der Waals surface area contributed by atoms with Gasteiger partial charge in [-0.2, -0.15) is 0 Å². The monoisotopic (exact) mass is 204 g/mol. The molecule has 0 N–H and O–H groups in total. The minimum atomic E-state index is -0.110. The Labute approximate surface area is 92.3 Å². The molecule has 0 radical (unpaired) electrons. The van der Waals surface area contributed by atoms with Crippen molar-refractivity contribution in [2.75, 3.05) is 0 Å². The lowest BCUT2D eigenvalue weighted by Gasteiger charge is -2.48. The molecule has 2 rings (SSSR count). The number of hydrogen-bond donors (Lipinski definition) is 0. The number of allylic oxidation sites excluding steroid dienone is 4. The summed E-state index contributed by atoms with van der Waals surface area (Å²) < 4.78 is 0. The second kappa shape index (κ2) is 3.33. The summed E-state index contributed by atoms with van der Waals surface area (Å²) >= 11 is 0. The van der Waals surface area contributed by atoms with Crippen molar-refractivity contribution in [1.29, 1.82) is 0 Å². The quantitative estimate of drug-likeness (QED) is 0.550. The maximum absolute atomic E-state index is 12.2. The Kier molecular flexibility index (Phi) is 2.37. The number of carbonyl (C=O) groups is 1. The van der Waals surface area contributed by atoms with Crippen molar-refractivity contribution >= 4 is 5.78 Å². The van der Waals surface area contributed by atoms with Gasteiger partial charge in [-0.1, -0.05) is 31.6 Å². The summed E-state index contributed by atoms with van der Waals surface area (Å²) in [7, 11) is 0. The summed E-state index contributed by atoms with van der Waals surface area (Å²) in [5.74, 6) is 0.350. The lowest BCUT2D eigenvalue weighted by Crippen LogP contribution is -2.46. The minimum Gasteiger partial charge on any atom is -0.294 e. The van der Waals surface area contributed by atoms with Crippen LogP contribution in [0.3, 0.4) is 0 Å². The molecular weight excluding hydrogens is 184 g/mol. The number of hydrogen-bond acceptors (Lipinski definition) is 1. The summed E-state index contributed by atoms with van der Waals surface area (Å²) in [5, 5.41) is 0. The van der Waals surface area contributed by atoms with Gasteiger partial charge in [0.05, 0.1) is 0 Å². The first-order valence-electron chi connectivity index (χ1n) is 5.85. The summed E-state index contributed by atoms with van der Waals surface area (Å²) in [6, 6.07) is 0. The minimum absolute atomic E-state index is 0.110. The first kappa shape index (κ1) is 10.7. The molecule has 0 saturated heterocycles. The third kappa shape index (κ3) is 1.49. The highest BCUT2D eigenvalue weighted by Gasteiger charge is 2.50. The van der Waals surface area contributed by atoms with Gasteiger partial charge in [0.2, 0.25) is 0 Å². The highest BCUT2D eigenvalue weighted by molar-refractivity contribution is 5.96. The van der Waals surface area contributed by atoms with E-state index in [0.29, 0.717) is 5.78 Å². The molecule has 0 bridgehead atoms. The first-order valence-corrected chi connectivity index (χ1v) is 5.85. The van der Waals surface area contributed by atoms with Gasteiger partial charge >= 0.3 is 0 Å². The maximum atomic E-state index is 12.2. The van der Waals surface area contributed by atoms with Crippen LogP contribution >= 0.6 is 0 Å². The molecule has 0 aromatic rings. The normalized spacial score (nSPS) is 34.3. The van der Waals surface area contributed by atoms with Crippen molar-refractivity contribution in [3.8, 4) is 0 Å². The number of ketones is 1. The molecule has 0 unspecified atom stereocenters. The Bertz CT molecular complexity index is 346. The van der Waals surface area contributed by atoms with Crippen molar-refractivity contribution < 1.29 is 4.79 Å². The van der Waals surface area contributed by atoms with Gasteiger partial charge < -0.3 is 0 Å². The van der Waals surface area contributed by atoms with E-state index in [1.807, 2.05) is 6.08 Å². The lowest BCUT2D eigenvalue weighted by atomic mass is 9.54. The topological polar surface area (TPSA) is 17.1 Å². The molecule has 1 atom stereocenters. The van der Waals surface area contributed by atoms with Gasteiger partial charge in [0.15, 0.2) is 5.78 Å². The van der Waals surface area contributed by atoms with Gasteiger partial charge in [-0.05, 0) is 44.1 Å². The van der Waals surface area contributed by atoms with Crippen LogP contribution in [0.25, 0.3) is 0 Å². The van der Waals surface area contributed by atoms with E-state index in [4.69, 9.17) is 0 Å². The summed E-state index contributed by atoms with van der Waals surface area (Å²) in [6.07, 6.45) is 10.2. The van der Waals surface area contributed by atoms with E-state index < -0.39 is 0 Å². The van der Waals surface area contributed by atoms with Crippen molar-refractivity contribution in [3.63, 3.8) is 0 Å². The van der Waals surface area contributed by atoms with Gasteiger partial charge in [0, 0.05) is 5.41 Å². The fourth-order valence-electron chi connectivity index (χ4n) is 2.95. The average Bonchev–Trinajstić information content (AvgIpc) is 2.16. The molecule has 0 aromatic carbocycles. The van der Waals surface area contributed by atoms with Crippen LogP contribution in [0, 0.1) is 10.8 Å². The average molecular weight is 204 g/mol. The van der Waals surface area contributed by atoms with Crippen LogP contribution in [-0.2, 0) is 4.79 Å². The highest BCUT2D eigenvalue weighted by Crippen LogP contribution is 2.53. The third-order valence-corrected chi connectivity index (χ3v) is 4.41. The SMILES string of the molecule is CC1=CC[C@@]2(CC1)C(=O)C=CCC2(C)C. The molecule has 1 spiro atoms. The van der Waals surface area contributed by atoms with Crippen LogP contribution in [-0.4, -0.2) is 5.78 Å². The fraction of sp³-hybridized carbons (Fsp3) is 0.643. The molecule has 0 aliphatic heterocycles. The summed E-state index contributed by atoms with van der Waals surface area (Å²) in [6.45, 7) is 6.65. The standard InChI is InChI=1S/C14H20O/c1-11-6-9-14(10-7-11)12(15)5-4-8-13(14,2)3/h4-6H,7-10H2,1-3H3/t14-/m1/s1. The predicted molar refractivity (Wildman–Crippen MR) is 62.6 cm³/mol. The van der Waals surface area contributed by atoms with Gasteiger partial charge in [-0.15, -0.1) is 0 Å². The zero-order valence-corrected chi connectivity index (χ0v) is 9.97. The van der Waals surface area contributed by atoms with Crippen LogP contribution in [0.4, 0.5) is 0 Å². The molecule has 2 aliphatic carbocycles. The van der Waals surface area contributed by atoms with Crippen LogP contribution in [0.15, 0.2) is 23.8 Å². The molecule has 0 fully saturated rings. The third-order valence-electron chi connectivity index (χ3n) is 4.41. The molecule has 82 valence electrons. The number of rotatable bonds is 0. The molecular formula is C14H20O. The maximum Gasteiger partial charge on any atom is 0.162 e. The van der Waals surface area contributed by atoms with Crippen LogP contribution in [0.2, 0.25) is 0 Å². The van der Waals surface area contributed by atoms with Gasteiger partial charge in [0.1, 0.15) is 0 Å². The Balaban J connectivity index is 2.40. The van der Waals surface area contributed by atoms with Crippen molar-refractivity contribution in [2.24, 2.45) is 10.8 Å². The lowest BCUT2D eigenvalue weighted by molar-refractivity contribution is -0.132. The van der Waals surface area contributed by atoms with E-state index >= 15 is 0 Å². The van der Waals surface area contributed by atoms with Gasteiger partial charge in [-0.3, -0.25) is 4.79 Å². The molecule has 0 amide bonds. The molecule has 1 heteroatoms. The molecule has 0 heterocycles. The predicted octanol–water partition coefficient (Wildman–Crippen LogP) is 3.66. The van der Waals surface area contributed by atoms with Crippen molar-refractivity contribution in [3.05, 3.63) is 23.8 Å². The van der Waals surface area contributed by atoms with E-state index in [1.54, 1.807) is 6.08 Å². The zero-order valence-electron chi connectivity index (χ0n) is 9.97. The molecule has 15 heavy (non-hydrogen) atoms. The second-order valence-electron chi connectivity index (χ2n) is 5.69. The molecule has 0 aromatic heterocycles. The fourth-order valence-corrected chi connectivity index (χ4v) is 2.95. The Morgan fingerprint density at radius 2 is 2.00 bits per heavy atom. The van der Waals surface area contributed by atoms with E-state index in [9.17, 15) is 4.79 Å². The Morgan fingerprint density at radius 1 is 1.27 bits per heavy atom. The Hall–Kier alpha value is -0.850. The van der Waals surface area contributed by atoms with E-state index in [2.05, 4.69) is 26.8 Å². The summed E-state index contributed by atoms with van der Waals surface area (Å²) in [5.41, 5.74) is 1.45. The first-order chi connectivity index (χ1) is 6.98. The van der Waals surface area contributed by atoms with Crippen LogP contribution < -0.4 is 0 Å². The van der Waals surface area contributed by atoms with Crippen molar-refractivity contribution in [2.45, 2.75) is 46.5 Å². The zero-order chi connectivity index (χ0) is 11.1. The number of carbonyl (C=O) groups excluding carboxylic acids is 1. The van der Waals surface area contributed by atoms with Crippen LogP contribution in [0.5, 0.6) is 0 Å².